The Morgan fingerprint density at radius 3 is 2.57 bits per heavy atom. The Bertz CT molecular complexity index is 2130. The molecule has 0 fully saturated rings. The van der Waals surface area contributed by atoms with Crippen LogP contribution in [0.4, 0.5) is 10.1 Å². The van der Waals surface area contributed by atoms with Gasteiger partial charge in [0.15, 0.2) is 4.80 Å². The second-order valence-corrected chi connectivity index (χ2v) is 11.0. The Morgan fingerprint density at radius 2 is 1.86 bits per heavy atom. The molecule has 0 radical (unpaired) electrons. The average molecular weight is 610 g/mol. The Hall–Kier alpha value is -5.42. The van der Waals surface area contributed by atoms with Crippen molar-refractivity contribution in [3.8, 4) is 11.3 Å². The molecule has 9 nitrogen and oxygen atoms in total. The lowest BCUT2D eigenvalue weighted by Gasteiger charge is -2.25. The summed E-state index contributed by atoms with van der Waals surface area (Å²) in [6.07, 6.45) is 1.53. The molecule has 44 heavy (non-hydrogen) atoms. The number of aryl methyl sites for hydroxylation is 1. The summed E-state index contributed by atoms with van der Waals surface area (Å²) in [4.78, 5) is 43.8. The van der Waals surface area contributed by atoms with Crippen LogP contribution in [-0.2, 0) is 9.53 Å². The Balaban J connectivity index is 1.55. The van der Waals surface area contributed by atoms with Gasteiger partial charge in [-0.25, -0.2) is 14.2 Å². The number of nitro groups is 1. The smallest absolute Gasteiger partial charge is 0.338 e. The van der Waals surface area contributed by atoms with E-state index in [1.807, 2.05) is 30.3 Å². The average Bonchev–Trinajstić information content (AvgIpc) is 3.61. The highest BCUT2D eigenvalue weighted by atomic mass is 32.1. The van der Waals surface area contributed by atoms with Gasteiger partial charge in [0.25, 0.3) is 11.2 Å². The van der Waals surface area contributed by atoms with Crippen LogP contribution in [-0.4, -0.2) is 22.1 Å². The van der Waals surface area contributed by atoms with Crippen LogP contribution in [0.25, 0.3) is 23.1 Å². The molecule has 1 aliphatic rings. The number of aromatic nitrogens is 1. The van der Waals surface area contributed by atoms with Gasteiger partial charge in [0.05, 0.1) is 38.9 Å². The first-order chi connectivity index (χ1) is 21.2. The van der Waals surface area contributed by atoms with Gasteiger partial charge in [-0.3, -0.25) is 19.5 Å². The van der Waals surface area contributed by atoms with Crippen LogP contribution in [0.1, 0.15) is 35.4 Å². The van der Waals surface area contributed by atoms with E-state index in [2.05, 4.69) is 0 Å². The van der Waals surface area contributed by atoms with Gasteiger partial charge >= 0.3 is 5.97 Å². The van der Waals surface area contributed by atoms with Crippen molar-refractivity contribution < 1.29 is 23.3 Å². The van der Waals surface area contributed by atoms with Crippen molar-refractivity contribution >= 4 is 34.8 Å². The standard InChI is InChI=1S/C33H24FN3O6S/c1-3-42-32(39)28-29(20-7-5-4-6-8-20)35-33-36(30(28)21-10-12-22(34)13-11-21)31(38)27(44-33)18-23-14-16-26(43-23)24-15-9-19(2)17-25(24)37(40)41/h4-18,30H,3H2,1-2H3/b27-18-. The van der Waals surface area contributed by atoms with E-state index in [9.17, 15) is 24.1 Å². The number of halogens is 1. The lowest BCUT2D eigenvalue weighted by atomic mass is 9.93. The van der Waals surface area contributed by atoms with Gasteiger partial charge in [0, 0.05) is 17.7 Å². The molecule has 1 atom stereocenters. The molecular weight excluding hydrogens is 585 g/mol. The molecular formula is C33H24FN3O6S. The first kappa shape index (κ1) is 28.7. The van der Waals surface area contributed by atoms with E-state index in [1.54, 1.807) is 38.1 Å². The summed E-state index contributed by atoms with van der Waals surface area (Å²) < 4.78 is 27.0. The Labute approximate surface area is 253 Å². The highest BCUT2D eigenvalue weighted by Crippen LogP contribution is 2.35. The molecule has 5 aromatic rings. The summed E-state index contributed by atoms with van der Waals surface area (Å²) in [5.41, 5.74) is 2.15. The van der Waals surface area contributed by atoms with E-state index in [0.29, 0.717) is 32.9 Å². The fourth-order valence-corrected chi connectivity index (χ4v) is 6.09. The monoisotopic (exact) mass is 609 g/mol. The number of benzene rings is 3. The van der Waals surface area contributed by atoms with E-state index in [-0.39, 0.29) is 28.2 Å². The van der Waals surface area contributed by atoms with Crippen molar-refractivity contribution in [3.05, 3.63) is 149 Å². The molecule has 0 saturated heterocycles. The maximum absolute atomic E-state index is 14.0. The van der Waals surface area contributed by atoms with E-state index in [0.717, 1.165) is 16.9 Å². The van der Waals surface area contributed by atoms with Gasteiger partial charge < -0.3 is 9.15 Å². The van der Waals surface area contributed by atoms with Gasteiger partial charge in [-0.15, -0.1) is 0 Å². The molecule has 3 heterocycles. The van der Waals surface area contributed by atoms with Crippen molar-refractivity contribution in [3.63, 3.8) is 0 Å². The molecule has 1 aliphatic heterocycles. The van der Waals surface area contributed by atoms with Crippen molar-refractivity contribution in [1.29, 1.82) is 0 Å². The molecule has 0 spiro atoms. The fourth-order valence-electron chi connectivity index (χ4n) is 5.11. The molecule has 0 N–H and O–H groups in total. The van der Waals surface area contributed by atoms with Crippen molar-refractivity contribution in [2.75, 3.05) is 6.61 Å². The summed E-state index contributed by atoms with van der Waals surface area (Å²) in [6, 6.07) is 21.8. The first-order valence-electron chi connectivity index (χ1n) is 13.6. The molecule has 0 saturated carbocycles. The number of hydrogen-bond acceptors (Lipinski definition) is 8. The normalized spacial score (nSPS) is 14.7. The van der Waals surface area contributed by atoms with Crippen LogP contribution in [0.15, 0.2) is 105 Å². The summed E-state index contributed by atoms with van der Waals surface area (Å²) in [5, 5.41) is 11.7. The van der Waals surface area contributed by atoms with Crippen LogP contribution >= 0.6 is 11.3 Å². The molecule has 3 aromatic carbocycles. The molecule has 11 heteroatoms. The summed E-state index contributed by atoms with van der Waals surface area (Å²) in [6.45, 7) is 3.55. The summed E-state index contributed by atoms with van der Waals surface area (Å²) >= 11 is 1.10. The van der Waals surface area contributed by atoms with E-state index in [1.165, 1.54) is 41.0 Å². The van der Waals surface area contributed by atoms with Crippen LogP contribution in [0.3, 0.4) is 0 Å². The van der Waals surface area contributed by atoms with Gasteiger partial charge in [0.1, 0.15) is 17.3 Å². The molecule has 6 rings (SSSR count). The molecule has 0 aliphatic carbocycles. The lowest BCUT2D eigenvalue weighted by molar-refractivity contribution is -0.384. The van der Waals surface area contributed by atoms with Crippen LogP contribution in [0.2, 0.25) is 0 Å². The SMILES string of the molecule is CCOC(=O)C1=C(c2ccccc2)N=c2s/c(=C\c3ccc(-c4ccc(C)cc4[N+](=O)[O-])o3)c(=O)n2C1c1ccc(F)cc1. The quantitative estimate of drug-likeness (QED) is 0.136. The minimum atomic E-state index is -0.953. The number of furan rings is 1. The zero-order valence-electron chi connectivity index (χ0n) is 23.5. The number of nitrogens with zero attached hydrogens (tertiary/aromatic N) is 3. The van der Waals surface area contributed by atoms with E-state index in [4.69, 9.17) is 14.1 Å². The number of carbonyl (C=O) groups excluding carboxylic acids is 1. The maximum Gasteiger partial charge on any atom is 0.338 e. The number of ether oxygens (including phenoxy) is 1. The number of thiazole rings is 1. The number of carbonyl (C=O) groups is 1. The van der Waals surface area contributed by atoms with Gasteiger partial charge in [-0.05, 0) is 55.3 Å². The zero-order valence-corrected chi connectivity index (χ0v) is 24.3. The van der Waals surface area contributed by atoms with Crippen molar-refractivity contribution in [2.24, 2.45) is 4.99 Å². The lowest BCUT2D eigenvalue weighted by Crippen LogP contribution is -2.40. The van der Waals surface area contributed by atoms with Crippen molar-refractivity contribution in [2.45, 2.75) is 19.9 Å². The minimum absolute atomic E-state index is 0.0930. The van der Waals surface area contributed by atoms with Crippen LogP contribution in [0.5, 0.6) is 0 Å². The molecule has 0 bridgehead atoms. The number of esters is 1. The summed E-state index contributed by atoms with van der Waals surface area (Å²) in [7, 11) is 0. The predicted molar refractivity (Wildman–Crippen MR) is 163 cm³/mol. The first-order valence-corrected chi connectivity index (χ1v) is 14.5. The van der Waals surface area contributed by atoms with Gasteiger partial charge in [0.2, 0.25) is 0 Å². The number of rotatable bonds is 7. The third-order valence-corrected chi connectivity index (χ3v) is 8.06. The second kappa shape index (κ2) is 11.7. The predicted octanol–water partition coefficient (Wildman–Crippen LogP) is 5.55. The van der Waals surface area contributed by atoms with E-state index < -0.39 is 28.3 Å². The zero-order chi connectivity index (χ0) is 31.0. The van der Waals surface area contributed by atoms with Gasteiger partial charge in [-0.1, -0.05) is 59.9 Å². The fraction of sp³-hybridized carbons (Fsp3) is 0.121. The number of fused-ring (bicyclic) bond motifs is 1. The number of hydrogen-bond donors (Lipinski definition) is 0. The third-order valence-electron chi connectivity index (χ3n) is 7.07. The Morgan fingerprint density at radius 1 is 1.11 bits per heavy atom. The summed E-state index contributed by atoms with van der Waals surface area (Å²) in [5.74, 6) is -0.537. The van der Waals surface area contributed by atoms with Gasteiger partial charge in [-0.2, -0.15) is 0 Å². The van der Waals surface area contributed by atoms with Crippen LogP contribution in [0, 0.1) is 22.9 Å². The molecule has 1 unspecified atom stereocenters. The maximum atomic E-state index is 14.0. The number of nitro benzene ring substituents is 1. The largest absolute Gasteiger partial charge is 0.463 e. The Kier molecular flexibility index (Phi) is 7.62. The third kappa shape index (κ3) is 5.29. The highest BCUT2D eigenvalue weighted by Gasteiger charge is 2.35. The molecule has 220 valence electrons. The molecule has 0 amide bonds. The minimum Gasteiger partial charge on any atom is -0.463 e. The topological polar surface area (TPSA) is 117 Å². The van der Waals surface area contributed by atoms with Crippen LogP contribution < -0.4 is 14.9 Å². The van der Waals surface area contributed by atoms with Crippen molar-refractivity contribution in [1.82, 2.24) is 4.57 Å². The highest BCUT2D eigenvalue weighted by molar-refractivity contribution is 7.07. The molecule has 2 aromatic heterocycles. The second-order valence-electron chi connectivity index (χ2n) is 9.96. The van der Waals surface area contributed by atoms with E-state index >= 15 is 0 Å².